The number of nitrogens with zero attached hydrogens (tertiary/aromatic N) is 2. The van der Waals surface area contributed by atoms with Crippen LogP contribution in [0.5, 0.6) is 0 Å². The van der Waals surface area contributed by atoms with Gasteiger partial charge in [0.25, 0.3) is 0 Å². The smallest absolute Gasteiger partial charge is 0.0462 e. The average Bonchev–Trinajstić information content (AvgIpc) is 1.53. The second-order valence-electron chi connectivity index (χ2n) is 32.7. The van der Waals surface area contributed by atoms with Crippen LogP contribution in [0.3, 0.4) is 0 Å². The fourth-order valence-electron chi connectivity index (χ4n) is 17.4. The summed E-state index contributed by atoms with van der Waals surface area (Å²) in [5.74, 6) is 0.598. The zero-order valence-electron chi connectivity index (χ0n) is 69.2. The maximum Gasteiger partial charge on any atom is 0.0462 e. The maximum absolute atomic E-state index is 3.55. The Morgan fingerprint density at radius 2 is 0.528 bits per heavy atom. The first-order valence-electron chi connectivity index (χ1n) is 43.6. The Morgan fingerprint density at radius 3 is 0.843 bits per heavy atom. The summed E-state index contributed by atoms with van der Waals surface area (Å²) in [4.78, 5) is 4.62. The maximum atomic E-state index is 3.55. The van der Waals surface area contributed by atoms with Crippen molar-refractivity contribution in [2.24, 2.45) is 0 Å². The van der Waals surface area contributed by atoms with Crippen molar-refractivity contribution in [1.29, 1.82) is 0 Å². The molecule has 0 aliphatic heterocycles. The number of unbranched alkanes of at least 4 members (excludes halogenated alkanes) is 25. The van der Waals surface area contributed by atoms with Crippen LogP contribution in [0.1, 0.15) is 335 Å². The van der Waals surface area contributed by atoms with E-state index in [0.717, 1.165) is 20.3 Å². The lowest BCUT2D eigenvalue weighted by molar-refractivity contribution is 0.394. The van der Waals surface area contributed by atoms with Gasteiger partial charge in [0.15, 0.2) is 0 Å². The number of aryl methyl sites for hydroxylation is 5. The van der Waals surface area contributed by atoms with Crippen molar-refractivity contribution in [3.63, 3.8) is 0 Å². The van der Waals surface area contributed by atoms with E-state index in [1.54, 1.807) is 44.5 Å². The number of benzene rings is 9. The van der Waals surface area contributed by atoms with E-state index in [9.17, 15) is 0 Å². The van der Waals surface area contributed by atoms with E-state index in [1.165, 1.54) is 287 Å². The van der Waals surface area contributed by atoms with Crippen LogP contribution in [0.2, 0.25) is 0 Å². The minimum atomic E-state index is 0.135. The lowest BCUT2D eigenvalue weighted by atomic mass is 9.68. The lowest BCUT2D eigenvalue weighted by Crippen LogP contribution is -2.27. The molecular formula is C104H138Br2N2. The highest BCUT2D eigenvalue weighted by Crippen LogP contribution is 2.61. The van der Waals surface area contributed by atoms with Gasteiger partial charge in [-0.2, -0.15) is 0 Å². The van der Waals surface area contributed by atoms with Crippen molar-refractivity contribution in [1.82, 2.24) is 0 Å². The Hall–Kier alpha value is -6.46. The SMILES string of the molecule is CCC(C)c1ccc(N(c2ccc(C)cc2)c2ccc(C)cc2)cc1.CCCCCCCCC1(CCCCCCCC)c2cc(C)ccc2-c2cc3c(cc21)-c1ccc(C)cc1C3(CCCCCCCC)CCCCCCCC.CCCCCCCCc1ccc(N(c2ccc(Br)cc2)c2ccc(Br)cc2)cc1. The van der Waals surface area contributed by atoms with Gasteiger partial charge in [-0.1, -0.05) is 374 Å². The van der Waals surface area contributed by atoms with E-state index < -0.39 is 0 Å². The second-order valence-corrected chi connectivity index (χ2v) is 34.5. The molecule has 0 fully saturated rings. The molecule has 0 saturated carbocycles. The topological polar surface area (TPSA) is 6.48 Å². The van der Waals surface area contributed by atoms with Crippen molar-refractivity contribution in [3.8, 4) is 22.3 Å². The highest BCUT2D eigenvalue weighted by atomic mass is 79.9. The molecule has 0 spiro atoms. The van der Waals surface area contributed by atoms with Gasteiger partial charge in [-0.15, -0.1) is 0 Å². The lowest BCUT2D eigenvalue weighted by Gasteiger charge is -2.35. The van der Waals surface area contributed by atoms with Gasteiger partial charge >= 0.3 is 0 Å². The minimum Gasteiger partial charge on any atom is -0.311 e. The Morgan fingerprint density at radius 1 is 0.269 bits per heavy atom. The Bertz CT molecular complexity index is 3790. The number of hydrogen-bond donors (Lipinski definition) is 0. The first-order valence-corrected chi connectivity index (χ1v) is 45.1. The molecular weight excluding hydrogens is 1440 g/mol. The molecule has 108 heavy (non-hydrogen) atoms. The Kier molecular flexibility index (Phi) is 35.8. The van der Waals surface area contributed by atoms with Gasteiger partial charge in [0.05, 0.1) is 0 Å². The summed E-state index contributed by atoms with van der Waals surface area (Å²) in [5.41, 5.74) is 28.6. The summed E-state index contributed by atoms with van der Waals surface area (Å²) in [5, 5.41) is 0. The Balaban J connectivity index is 0.000000208. The van der Waals surface area contributed by atoms with Crippen LogP contribution in [0, 0.1) is 27.7 Å². The predicted octanol–water partition coefficient (Wildman–Crippen LogP) is 34.7. The van der Waals surface area contributed by atoms with E-state index in [0.29, 0.717) is 5.92 Å². The molecule has 1 unspecified atom stereocenters. The van der Waals surface area contributed by atoms with Gasteiger partial charge < -0.3 is 9.80 Å². The zero-order chi connectivity index (χ0) is 76.5. The predicted molar refractivity (Wildman–Crippen MR) is 483 cm³/mol. The van der Waals surface area contributed by atoms with Gasteiger partial charge in [0, 0.05) is 53.9 Å². The Labute approximate surface area is 675 Å². The zero-order valence-corrected chi connectivity index (χ0v) is 72.3. The second kappa shape index (κ2) is 45.1. The standard InChI is InChI=1S/C54H82.C26H29Br2N.C24H27N/c1-7-11-15-19-23-27-35-53(36-28-24-20-16-12-8-2)49-39-43(5)31-33-45(49)47-42-52-48(41-51(47)53)46-34-32-44(6)40-50(46)54(52,37-29-25-21-17-13-9-3)38-30-26-22-18-14-10-4;1-2-3-4-5-6-7-8-21-9-15-24(16-10-21)29(25-17-11-22(27)12-18-25)26-19-13-23(28)14-20-26;1-5-20(4)21-10-16-24(17-11-21)25(22-12-6-18(2)7-13-22)23-14-8-19(3)9-15-23/h31-34,39-42H,7-30,35-38H2,1-6H3;9-20H,2-8H2,1H3;6-17,20H,5H2,1-4H3. The number of fused-ring (bicyclic) bond motifs is 6. The normalized spacial score (nSPS) is 13.0. The van der Waals surface area contributed by atoms with E-state index in [4.69, 9.17) is 0 Å². The molecule has 0 aromatic heterocycles. The number of rotatable bonds is 43. The molecule has 2 aliphatic carbocycles. The summed E-state index contributed by atoms with van der Waals surface area (Å²) in [6.45, 7) is 25.1. The van der Waals surface area contributed by atoms with Crippen LogP contribution in [0.25, 0.3) is 22.3 Å². The molecule has 2 nitrogen and oxygen atoms in total. The van der Waals surface area contributed by atoms with Gasteiger partial charge in [0.2, 0.25) is 0 Å². The third-order valence-corrected chi connectivity index (χ3v) is 25.1. The molecule has 1 atom stereocenters. The molecule has 0 radical (unpaired) electrons. The minimum absolute atomic E-state index is 0.135. The van der Waals surface area contributed by atoms with Crippen molar-refractivity contribution in [2.75, 3.05) is 9.80 Å². The van der Waals surface area contributed by atoms with Gasteiger partial charge in [-0.25, -0.2) is 0 Å². The monoisotopic (exact) mass is 1570 g/mol. The highest BCUT2D eigenvalue weighted by Gasteiger charge is 2.48. The molecule has 9 aromatic rings. The molecule has 4 heteroatoms. The quantitative estimate of drug-likeness (QED) is 0.0352. The molecule has 578 valence electrons. The molecule has 0 heterocycles. The molecule has 2 aliphatic rings. The molecule has 11 rings (SSSR count). The first kappa shape index (κ1) is 85.5. The van der Waals surface area contributed by atoms with E-state index in [2.05, 4.69) is 312 Å². The van der Waals surface area contributed by atoms with Crippen molar-refractivity contribution in [3.05, 3.63) is 259 Å². The summed E-state index contributed by atoms with van der Waals surface area (Å²) < 4.78 is 2.18. The summed E-state index contributed by atoms with van der Waals surface area (Å²) in [6, 6.07) is 73.3. The summed E-state index contributed by atoms with van der Waals surface area (Å²) in [7, 11) is 0. The van der Waals surface area contributed by atoms with Crippen molar-refractivity contribution >= 4 is 66.0 Å². The van der Waals surface area contributed by atoms with Crippen LogP contribution in [0.4, 0.5) is 34.1 Å². The fraction of sp³-hybridized carbons (Fsp3) is 0.481. The third kappa shape index (κ3) is 23.8. The van der Waals surface area contributed by atoms with Crippen LogP contribution in [-0.2, 0) is 17.3 Å². The number of anilines is 6. The third-order valence-electron chi connectivity index (χ3n) is 24.1. The van der Waals surface area contributed by atoms with Gasteiger partial charge in [0.1, 0.15) is 0 Å². The van der Waals surface area contributed by atoms with Crippen molar-refractivity contribution < 1.29 is 0 Å². The first-order chi connectivity index (χ1) is 52.7. The van der Waals surface area contributed by atoms with E-state index >= 15 is 0 Å². The molecule has 0 saturated heterocycles. The largest absolute Gasteiger partial charge is 0.311 e. The average molecular weight is 1580 g/mol. The molecule has 0 bridgehead atoms. The molecule has 0 N–H and O–H groups in total. The van der Waals surface area contributed by atoms with Crippen LogP contribution in [-0.4, -0.2) is 0 Å². The fourth-order valence-corrected chi connectivity index (χ4v) is 18.0. The van der Waals surface area contributed by atoms with Crippen molar-refractivity contribution in [2.45, 2.75) is 324 Å². The van der Waals surface area contributed by atoms with Crippen LogP contribution in [0.15, 0.2) is 203 Å². The number of hydrogen-bond acceptors (Lipinski definition) is 2. The highest BCUT2D eigenvalue weighted by molar-refractivity contribution is 9.10. The van der Waals surface area contributed by atoms with E-state index in [1.807, 2.05) is 0 Å². The molecule has 9 aromatic carbocycles. The van der Waals surface area contributed by atoms with E-state index in [-0.39, 0.29) is 10.8 Å². The summed E-state index contributed by atoms with van der Waals surface area (Å²) in [6.07, 6.45) is 48.5. The number of halogens is 2. The molecule has 0 amide bonds. The van der Waals surface area contributed by atoms with Crippen LogP contribution < -0.4 is 9.80 Å². The van der Waals surface area contributed by atoms with Crippen LogP contribution >= 0.6 is 31.9 Å². The van der Waals surface area contributed by atoms with Gasteiger partial charge in [-0.3, -0.25) is 0 Å². The summed E-state index contributed by atoms with van der Waals surface area (Å²) >= 11 is 7.09. The van der Waals surface area contributed by atoms with Gasteiger partial charge in [-0.05, 0) is 243 Å².